The topological polar surface area (TPSA) is 104 Å². The van der Waals surface area contributed by atoms with E-state index in [0.29, 0.717) is 23.0 Å². The lowest BCUT2D eigenvalue weighted by atomic mass is 9.87. The summed E-state index contributed by atoms with van der Waals surface area (Å²) >= 11 is 0. The van der Waals surface area contributed by atoms with E-state index in [-0.39, 0.29) is 24.2 Å². The smallest absolute Gasteiger partial charge is 0.347 e. The molecule has 0 radical (unpaired) electrons. The van der Waals surface area contributed by atoms with Gasteiger partial charge in [-0.1, -0.05) is 45.0 Å². The van der Waals surface area contributed by atoms with E-state index in [0.717, 1.165) is 5.56 Å². The highest BCUT2D eigenvalue weighted by Gasteiger charge is 2.22. The summed E-state index contributed by atoms with van der Waals surface area (Å²) in [6.45, 7) is 10.0. The molecule has 0 spiro atoms. The molecule has 0 amide bonds. The number of nitrogens with one attached hydrogen (secondary N) is 1. The summed E-state index contributed by atoms with van der Waals surface area (Å²) in [7, 11) is 0. The lowest BCUT2D eigenvalue weighted by Crippen LogP contribution is -2.19. The van der Waals surface area contributed by atoms with E-state index in [2.05, 4.69) is 36.3 Å². The van der Waals surface area contributed by atoms with Crippen LogP contribution in [0.1, 0.15) is 40.2 Å². The Morgan fingerprint density at radius 2 is 1.50 bits per heavy atom. The van der Waals surface area contributed by atoms with E-state index in [9.17, 15) is 9.59 Å². The molecule has 0 atom stereocenters. The van der Waals surface area contributed by atoms with Crippen LogP contribution >= 0.6 is 0 Å². The highest BCUT2D eigenvalue weighted by molar-refractivity contribution is 6.14. The Kier molecular flexibility index (Phi) is 7.83. The van der Waals surface area contributed by atoms with Crippen LogP contribution in [0.4, 0.5) is 5.69 Å². The lowest BCUT2D eigenvalue weighted by Gasteiger charge is -2.18. The molecule has 178 valence electrons. The van der Waals surface area contributed by atoms with Gasteiger partial charge in [-0.05, 0) is 49.1 Å². The lowest BCUT2D eigenvalue weighted by molar-refractivity contribution is -0.146. The average molecular weight is 464 g/mol. The van der Waals surface area contributed by atoms with Crippen LogP contribution in [0.3, 0.4) is 0 Å². The van der Waals surface area contributed by atoms with Crippen LogP contribution in [0.2, 0.25) is 0 Å². The largest absolute Gasteiger partial charge is 0.462 e. The first-order chi connectivity index (χ1) is 16.2. The molecule has 0 saturated heterocycles. The monoisotopic (exact) mass is 463 g/mol. The minimum Gasteiger partial charge on any atom is -0.462 e. The number of carbonyl (C=O) groups excluding carboxylic acids is 2. The maximum Gasteiger partial charge on any atom is 0.347 e. The molecular weight excluding hydrogens is 434 g/mol. The molecule has 0 aliphatic carbocycles. The zero-order chi connectivity index (χ0) is 24.7. The number of para-hydroxylation sites is 1. The number of benzene rings is 2. The molecule has 2 aromatic carbocycles. The van der Waals surface area contributed by atoms with Gasteiger partial charge in [0.1, 0.15) is 0 Å². The minimum atomic E-state index is -0.773. The predicted octanol–water partition coefficient (Wildman–Crippen LogP) is 5.12. The summed E-state index contributed by atoms with van der Waals surface area (Å²) in [5.74, 6) is -0.866. The maximum absolute atomic E-state index is 12.2. The van der Waals surface area contributed by atoms with E-state index in [4.69, 9.17) is 13.9 Å². The third-order valence-corrected chi connectivity index (χ3v) is 4.94. The summed E-state index contributed by atoms with van der Waals surface area (Å²) in [5.41, 5.74) is 2.98. The third-order valence-electron chi connectivity index (χ3n) is 4.94. The molecule has 0 bridgehead atoms. The van der Waals surface area contributed by atoms with Crippen LogP contribution in [0.25, 0.3) is 22.9 Å². The Morgan fingerprint density at radius 1 is 0.912 bits per heavy atom. The molecule has 1 heterocycles. The summed E-state index contributed by atoms with van der Waals surface area (Å²) in [6.07, 6.45) is 1.26. The van der Waals surface area contributed by atoms with Crippen molar-refractivity contribution in [3.63, 3.8) is 0 Å². The number of hydrogen-bond acceptors (Lipinski definition) is 8. The first kappa shape index (κ1) is 24.7. The Labute approximate surface area is 199 Å². The van der Waals surface area contributed by atoms with Crippen LogP contribution in [0.15, 0.2) is 64.7 Å². The SMILES string of the molecule is CCOC(=O)C(=CNc1ccccc1-c1nnc(-c2ccc(C(C)(C)C)cc2)o1)C(=O)OCC. The number of esters is 2. The standard InChI is InChI=1S/C26H29N3O5/c1-6-32-24(30)20(25(31)33-7-2)16-27-21-11-9-8-10-19(21)23-29-28-22(34-23)17-12-14-18(15-13-17)26(3,4)5/h8-16,27H,6-7H2,1-5H3. The molecule has 0 aliphatic rings. The molecule has 0 saturated carbocycles. The summed E-state index contributed by atoms with van der Waals surface area (Å²) < 4.78 is 15.9. The fraction of sp³-hybridized carbons (Fsp3) is 0.308. The summed E-state index contributed by atoms with van der Waals surface area (Å²) in [4.78, 5) is 24.4. The van der Waals surface area contributed by atoms with Crippen molar-refractivity contribution in [1.29, 1.82) is 0 Å². The van der Waals surface area contributed by atoms with Crippen molar-refractivity contribution in [3.05, 3.63) is 65.9 Å². The van der Waals surface area contributed by atoms with Crippen LogP contribution in [-0.2, 0) is 24.5 Å². The third kappa shape index (κ3) is 5.89. The predicted molar refractivity (Wildman–Crippen MR) is 129 cm³/mol. The van der Waals surface area contributed by atoms with E-state index < -0.39 is 11.9 Å². The molecule has 8 heteroatoms. The molecule has 1 aromatic heterocycles. The summed E-state index contributed by atoms with van der Waals surface area (Å²) in [6, 6.07) is 15.2. The quantitative estimate of drug-likeness (QED) is 0.212. The number of hydrogen-bond donors (Lipinski definition) is 1. The Morgan fingerprint density at radius 3 is 2.09 bits per heavy atom. The number of ether oxygens (including phenoxy) is 2. The van der Waals surface area contributed by atoms with Crippen molar-refractivity contribution in [3.8, 4) is 22.9 Å². The van der Waals surface area contributed by atoms with Gasteiger partial charge in [-0.2, -0.15) is 0 Å². The van der Waals surface area contributed by atoms with Gasteiger partial charge in [-0.15, -0.1) is 10.2 Å². The van der Waals surface area contributed by atoms with Gasteiger partial charge in [0.15, 0.2) is 5.57 Å². The summed E-state index contributed by atoms with van der Waals surface area (Å²) in [5, 5.41) is 11.4. The van der Waals surface area contributed by atoms with Gasteiger partial charge in [0.05, 0.1) is 24.5 Å². The van der Waals surface area contributed by atoms with Crippen LogP contribution < -0.4 is 5.32 Å². The molecular formula is C26H29N3O5. The van der Waals surface area contributed by atoms with Crippen molar-refractivity contribution in [1.82, 2.24) is 10.2 Å². The number of rotatable bonds is 8. The van der Waals surface area contributed by atoms with Gasteiger partial charge in [-0.25, -0.2) is 9.59 Å². The Bertz CT molecular complexity index is 1150. The number of carbonyl (C=O) groups is 2. The molecule has 0 fully saturated rings. The maximum atomic E-state index is 12.2. The van der Waals surface area contributed by atoms with E-state index in [1.165, 1.54) is 11.8 Å². The number of nitrogens with zero attached hydrogens (tertiary/aromatic N) is 2. The van der Waals surface area contributed by atoms with Crippen molar-refractivity contribution in [2.45, 2.75) is 40.0 Å². The average Bonchev–Trinajstić information content (AvgIpc) is 3.29. The van der Waals surface area contributed by atoms with E-state index in [1.54, 1.807) is 32.0 Å². The number of aromatic nitrogens is 2. The van der Waals surface area contributed by atoms with Crippen LogP contribution in [0, 0.1) is 0 Å². The second kappa shape index (κ2) is 10.8. The second-order valence-corrected chi connectivity index (χ2v) is 8.43. The highest BCUT2D eigenvalue weighted by Crippen LogP contribution is 2.31. The van der Waals surface area contributed by atoms with Gasteiger partial charge in [0.2, 0.25) is 11.8 Å². The van der Waals surface area contributed by atoms with Crippen molar-refractivity contribution in [2.24, 2.45) is 0 Å². The Balaban J connectivity index is 1.88. The van der Waals surface area contributed by atoms with Gasteiger partial charge < -0.3 is 19.2 Å². The zero-order valence-electron chi connectivity index (χ0n) is 20.0. The van der Waals surface area contributed by atoms with Gasteiger partial charge in [-0.3, -0.25) is 0 Å². The molecule has 3 aromatic rings. The normalized spacial score (nSPS) is 11.0. The minimum absolute atomic E-state index is 0.0443. The van der Waals surface area contributed by atoms with E-state index >= 15 is 0 Å². The van der Waals surface area contributed by atoms with Gasteiger partial charge in [0, 0.05) is 11.8 Å². The molecule has 34 heavy (non-hydrogen) atoms. The number of anilines is 1. The van der Waals surface area contributed by atoms with Crippen molar-refractivity contribution < 1.29 is 23.5 Å². The first-order valence-electron chi connectivity index (χ1n) is 11.1. The second-order valence-electron chi connectivity index (χ2n) is 8.43. The molecule has 0 aliphatic heterocycles. The van der Waals surface area contributed by atoms with Crippen molar-refractivity contribution in [2.75, 3.05) is 18.5 Å². The Hall–Kier alpha value is -3.94. The molecule has 3 rings (SSSR count). The van der Waals surface area contributed by atoms with Crippen LogP contribution in [-0.4, -0.2) is 35.3 Å². The van der Waals surface area contributed by atoms with Crippen LogP contribution in [0.5, 0.6) is 0 Å². The molecule has 0 unspecified atom stereocenters. The van der Waals surface area contributed by atoms with Gasteiger partial charge in [0.25, 0.3) is 0 Å². The highest BCUT2D eigenvalue weighted by atomic mass is 16.6. The fourth-order valence-corrected chi connectivity index (χ4v) is 3.13. The zero-order valence-corrected chi connectivity index (χ0v) is 20.0. The van der Waals surface area contributed by atoms with Crippen molar-refractivity contribution >= 4 is 17.6 Å². The van der Waals surface area contributed by atoms with E-state index in [1.807, 2.05) is 30.3 Å². The molecule has 8 nitrogen and oxygen atoms in total. The fourth-order valence-electron chi connectivity index (χ4n) is 3.13. The first-order valence-corrected chi connectivity index (χ1v) is 11.1. The van der Waals surface area contributed by atoms with Gasteiger partial charge >= 0.3 is 11.9 Å². The molecule has 1 N–H and O–H groups in total.